The maximum absolute atomic E-state index is 12.3. The Labute approximate surface area is 294 Å². The van der Waals surface area contributed by atoms with Crippen molar-refractivity contribution >= 4 is 36.6 Å². The number of methoxy groups -OCH3 is 3. The maximum Gasteiger partial charge on any atom is 0.303 e. The highest BCUT2D eigenvalue weighted by atomic mass is 28.4. The topological polar surface area (TPSA) is 144 Å². The molecule has 2 heterocycles. The van der Waals surface area contributed by atoms with Gasteiger partial charge in [-0.15, -0.1) is 0 Å². The van der Waals surface area contributed by atoms with Crippen molar-refractivity contribution in [2.45, 2.75) is 102 Å². The zero-order valence-electron chi connectivity index (χ0n) is 30.2. The molecular weight excluding hydrogens is 668 g/mol. The molecule has 9 atom stereocenters. The van der Waals surface area contributed by atoms with Crippen LogP contribution < -0.4 is 10.4 Å². The molecule has 276 valence electrons. The monoisotopic (exact) mass is 718 g/mol. The zero-order valence-corrected chi connectivity index (χ0v) is 31.2. The second kappa shape index (κ2) is 17.3. The fourth-order valence-electron chi connectivity index (χ4n) is 6.79. The Morgan fingerprint density at radius 1 is 0.620 bits per heavy atom. The van der Waals surface area contributed by atoms with Crippen LogP contribution in [0.4, 0.5) is 0 Å². The summed E-state index contributed by atoms with van der Waals surface area (Å²) < 4.78 is 60.4. The number of esters is 3. The van der Waals surface area contributed by atoms with Crippen molar-refractivity contribution in [2.75, 3.05) is 34.5 Å². The van der Waals surface area contributed by atoms with E-state index < -0.39 is 81.5 Å². The SMILES string of the molecule is CO[C@H]1O[C@H](CO[Si](c2ccccc2)(c2ccccc2)C(C)(C)C)[C@@H](O[C@H]2O[C@H](COC(C)=O)[C@@H](OC(C)=O)[C@@H]2OC(C)=O)[C@H](OC)[C@H]1OC. The van der Waals surface area contributed by atoms with Gasteiger partial charge >= 0.3 is 17.9 Å². The third-order valence-corrected chi connectivity index (χ3v) is 13.9. The fraction of sp³-hybridized carbons (Fsp3) is 0.583. The molecule has 2 aliphatic rings. The molecule has 50 heavy (non-hydrogen) atoms. The molecule has 2 aromatic carbocycles. The van der Waals surface area contributed by atoms with E-state index in [9.17, 15) is 14.4 Å². The summed E-state index contributed by atoms with van der Waals surface area (Å²) in [6, 6.07) is 20.3. The Kier molecular flexibility index (Phi) is 13.7. The summed E-state index contributed by atoms with van der Waals surface area (Å²) in [5.74, 6) is -1.89. The Morgan fingerprint density at radius 2 is 1.12 bits per heavy atom. The summed E-state index contributed by atoms with van der Waals surface area (Å²) in [5.41, 5.74) is 0. The van der Waals surface area contributed by atoms with Gasteiger partial charge < -0.3 is 47.1 Å². The molecule has 0 aromatic heterocycles. The molecule has 0 aliphatic carbocycles. The van der Waals surface area contributed by atoms with Crippen molar-refractivity contribution < 1.29 is 61.4 Å². The van der Waals surface area contributed by atoms with Crippen LogP contribution in [0.1, 0.15) is 41.5 Å². The summed E-state index contributed by atoms with van der Waals surface area (Å²) in [4.78, 5) is 36.2. The molecule has 0 radical (unpaired) electrons. The van der Waals surface area contributed by atoms with Gasteiger partial charge in [0.15, 0.2) is 24.8 Å². The van der Waals surface area contributed by atoms with E-state index in [-0.39, 0.29) is 18.3 Å². The molecule has 0 N–H and O–H groups in total. The highest BCUT2D eigenvalue weighted by Gasteiger charge is 2.56. The number of hydrogen-bond donors (Lipinski definition) is 0. The van der Waals surface area contributed by atoms with E-state index in [1.165, 1.54) is 42.1 Å². The predicted octanol–water partition coefficient (Wildman–Crippen LogP) is 2.50. The Balaban J connectivity index is 1.77. The van der Waals surface area contributed by atoms with Gasteiger partial charge in [-0.05, 0) is 15.4 Å². The third-order valence-electron chi connectivity index (χ3n) is 8.86. The maximum atomic E-state index is 12.3. The molecule has 13 nitrogen and oxygen atoms in total. The van der Waals surface area contributed by atoms with Crippen LogP contribution in [0.2, 0.25) is 5.04 Å². The first-order valence-electron chi connectivity index (χ1n) is 16.5. The summed E-state index contributed by atoms with van der Waals surface area (Å²) in [6.45, 7) is 9.91. The second-order valence-corrected chi connectivity index (χ2v) is 17.6. The standard InChI is InChI=1S/C36H50O13Si/c1-22(37)43-20-27-30(45-23(2)38)33(46-24(3)39)35(48-27)49-29-28(47-34(42-9)32(41-8)31(29)40-7)21-44-50(36(4,5)6,25-16-12-10-13-17-25)26-18-14-11-15-19-26/h10-19,27-35H,20-21H2,1-9H3/t27-,28-,29-,30-,31+,32-,33+,34+,35-/m1/s1. The van der Waals surface area contributed by atoms with Gasteiger partial charge in [0, 0.05) is 42.1 Å². The molecule has 2 aliphatic heterocycles. The van der Waals surface area contributed by atoms with Crippen molar-refractivity contribution in [1.82, 2.24) is 0 Å². The molecule has 0 unspecified atom stereocenters. The molecule has 2 saturated heterocycles. The summed E-state index contributed by atoms with van der Waals surface area (Å²) in [5, 5.41) is 1.80. The number of hydrogen-bond acceptors (Lipinski definition) is 13. The van der Waals surface area contributed by atoms with Crippen LogP contribution in [-0.2, 0) is 61.4 Å². The van der Waals surface area contributed by atoms with Gasteiger partial charge in [-0.2, -0.15) is 0 Å². The van der Waals surface area contributed by atoms with Gasteiger partial charge in [-0.25, -0.2) is 0 Å². The zero-order chi connectivity index (χ0) is 36.6. The second-order valence-electron chi connectivity index (χ2n) is 13.2. The third kappa shape index (κ3) is 8.80. The molecule has 0 spiro atoms. The van der Waals surface area contributed by atoms with Crippen LogP contribution >= 0.6 is 0 Å². The molecule has 0 amide bonds. The van der Waals surface area contributed by atoms with Gasteiger partial charge in [0.05, 0.1) is 6.61 Å². The van der Waals surface area contributed by atoms with E-state index in [1.807, 2.05) is 36.4 Å². The highest BCUT2D eigenvalue weighted by Crippen LogP contribution is 2.39. The van der Waals surface area contributed by atoms with Gasteiger partial charge in [0.2, 0.25) is 0 Å². The number of benzene rings is 2. The molecule has 0 saturated carbocycles. The van der Waals surface area contributed by atoms with E-state index in [0.29, 0.717) is 0 Å². The number of carbonyl (C=O) groups is 3. The number of ether oxygens (including phenoxy) is 9. The minimum absolute atomic E-state index is 0.0311. The van der Waals surface area contributed by atoms with Crippen LogP contribution in [0.15, 0.2) is 60.7 Å². The van der Waals surface area contributed by atoms with E-state index in [4.69, 9.17) is 47.1 Å². The summed E-state index contributed by atoms with van der Waals surface area (Å²) in [6.07, 6.45) is -8.90. The normalized spacial score (nSPS) is 28.5. The van der Waals surface area contributed by atoms with Gasteiger partial charge in [-0.3, -0.25) is 14.4 Å². The molecule has 0 bridgehead atoms. The lowest BCUT2D eigenvalue weighted by Gasteiger charge is -2.48. The molecule has 2 aromatic rings. The number of rotatable bonds is 14. The molecule has 14 heteroatoms. The van der Waals surface area contributed by atoms with Crippen LogP contribution in [0.3, 0.4) is 0 Å². The van der Waals surface area contributed by atoms with E-state index in [2.05, 4.69) is 45.0 Å². The predicted molar refractivity (Wildman–Crippen MR) is 182 cm³/mol. The molecule has 4 rings (SSSR count). The van der Waals surface area contributed by atoms with Gasteiger partial charge in [-0.1, -0.05) is 81.4 Å². The van der Waals surface area contributed by atoms with Crippen LogP contribution in [0.5, 0.6) is 0 Å². The average molecular weight is 719 g/mol. The van der Waals surface area contributed by atoms with Gasteiger partial charge in [0.1, 0.15) is 37.1 Å². The Bertz CT molecular complexity index is 1360. The first-order valence-corrected chi connectivity index (χ1v) is 18.5. The average Bonchev–Trinajstić information content (AvgIpc) is 3.38. The summed E-state index contributed by atoms with van der Waals surface area (Å²) >= 11 is 0. The van der Waals surface area contributed by atoms with Crippen molar-refractivity contribution in [3.8, 4) is 0 Å². The lowest BCUT2D eigenvalue weighted by molar-refractivity contribution is -0.331. The van der Waals surface area contributed by atoms with Crippen molar-refractivity contribution in [2.24, 2.45) is 0 Å². The Morgan fingerprint density at radius 3 is 1.58 bits per heavy atom. The lowest BCUT2D eigenvalue weighted by atomic mass is 9.98. The molecular formula is C36H50O13Si. The Hall–Kier alpha value is -3.21. The van der Waals surface area contributed by atoms with Crippen molar-refractivity contribution in [1.29, 1.82) is 0 Å². The minimum atomic E-state index is -3.05. The minimum Gasteiger partial charge on any atom is -0.463 e. The largest absolute Gasteiger partial charge is 0.463 e. The van der Waals surface area contributed by atoms with Crippen LogP contribution in [0.25, 0.3) is 0 Å². The van der Waals surface area contributed by atoms with E-state index >= 15 is 0 Å². The van der Waals surface area contributed by atoms with Crippen molar-refractivity contribution in [3.63, 3.8) is 0 Å². The highest BCUT2D eigenvalue weighted by molar-refractivity contribution is 6.99. The summed E-state index contributed by atoms with van der Waals surface area (Å²) in [7, 11) is 1.47. The number of carbonyl (C=O) groups excluding carboxylic acids is 3. The first kappa shape index (κ1) is 39.6. The first-order chi connectivity index (χ1) is 23.8. The van der Waals surface area contributed by atoms with Gasteiger partial charge in [0.25, 0.3) is 8.32 Å². The quantitative estimate of drug-likeness (QED) is 0.161. The van der Waals surface area contributed by atoms with Crippen LogP contribution in [-0.4, -0.2) is 116 Å². The fourth-order valence-corrected chi connectivity index (χ4v) is 11.4. The smallest absolute Gasteiger partial charge is 0.303 e. The molecule has 2 fully saturated rings. The van der Waals surface area contributed by atoms with Crippen molar-refractivity contribution in [3.05, 3.63) is 60.7 Å². The lowest BCUT2D eigenvalue weighted by Crippen LogP contribution is -2.68. The van der Waals surface area contributed by atoms with Crippen LogP contribution in [0, 0.1) is 0 Å². The van der Waals surface area contributed by atoms with E-state index in [0.717, 1.165) is 10.4 Å². The van der Waals surface area contributed by atoms with E-state index in [1.54, 1.807) is 0 Å².